The summed E-state index contributed by atoms with van der Waals surface area (Å²) in [5.41, 5.74) is 2.32. The highest BCUT2D eigenvalue weighted by Crippen LogP contribution is 2.43. The van der Waals surface area contributed by atoms with Gasteiger partial charge in [-0.25, -0.2) is 0 Å². The molecule has 0 saturated heterocycles. The SMILES string of the molecule is c1cc(-c2cccc3cc4c(cc23)OCO4)c2cc3c(cc2c1)OCO3. The molecule has 0 atom stereocenters. The van der Waals surface area contributed by atoms with Gasteiger partial charge in [-0.05, 0) is 56.9 Å². The van der Waals surface area contributed by atoms with Gasteiger partial charge < -0.3 is 18.9 Å². The zero-order chi connectivity index (χ0) is 17.1. The van der Waals surface area contributed by atoms with E-state index in [1.807, 2.05) is 12.1 Å². The highest BCUT2D eigenvalue weighted by molar-refractivity contribution is 6.07. The molecule has 0 aromatic heterocycles. The second kappa shape index (κ2) is 5.05. The van der Waals surface area contributed by atoms with Crippen molar-refractivity contribution in [2.24, 2.45) is 0 Å². The molecule has 0 amide bonds. The molecule has 0 fully saturated rings. The van der Waals surface area contributed by atoms with Crippen molar-refractivity contribution >= 4 is 21.5 Å². The van der Waals surface area contributed by atoms with E-state index in [-0.39, 0.29) is 13.6 Å². The predicted octanol–water partition coefficient (Wildman–Crippen LogP) is 5.12. The van der Waals surface area contributed by atoms with Crippen molar-refractivity contribution in [1.29, 1.82) is 0 Å². The molecule has 0 saturated carbocycles. The number of ether oxygens (including phenoxy) is 4. The highest BCUT2D eigenvalue weighted by atomic mass is 16.7. The van der Waals surface area contributed by atoms with E-state index in [1.165, 1.54) is 0 Å². The van der Waals surface area contributed by atoms with Crippen LogP contribution >= 0.6 is 0 Å². The third-order valence-electron chi connectivity index (χ3n) is 5.04. The molecule has 0 aliphatic carbocycles. The maximum absolute atomic E-state index is 5.59. The lowest BCUT2D eigenvalue weighted by molar-refractivity contribution is 0.173. The van der Waals surface area contributed by atoms with Crippen molar-refractivity contribution in [3.8, 4) is 34.1 Å². The molecule has 0 N–H and O–H groups in total. The Labute approximate surface area is 149 Å². The normalized spacial score (nSPS) is 14.3. The fraction of sp³-hybridized carbons (Fsp3) is 0.0909. The number of hydrogen-bond donors (Lipinski definition) is 0. The van der Waals surface area contributed by atoms with E-state index in [9.17, 15) is 0 Å². The van der Waals surface area contributed by atoms with Crippen LogP contribution in [0, 0.1) is 0 Å². The van der Waals surface area contributed by atoms with Crippen molar-refractivity contribution in [3.63, 3.8) is 0 Å². The minimum absolute atomic E-state index is 0.277. The Balaban J connectivity index is 1.66. The molecule has 2 aliphatic rings. The summed E-state index contributed by atoms with van der Waals surface area (Å²) < 4.78 is 22.2. The average Bonchev–Trinajstić information content (AvgIpc) is 3.31. The molecule has 4 heteroatoms. The first kappa shape index (κ1) is 13.8. The lowest BCUT2D eigenvalue weighted by Gasteiger charge is -2.12. The third kappa shape index (κ3) is 1.90. The molecule has 0 unspecified atom stereocenters. The van der Waals surface area contributed by atoms with E-state index in [0.29, 0.717) is 0 Å². The van der Waals surface area contributed by atoms with Gasteiger partial charge in [-0.15, -0.1) is 0 Å². The number of fused-ring (bicyclic) bond motifs is 4. The van der Waals surface area contributed by atoms with Gasteiger partial charge in [0.15, 0.2) is 23.0 Å². The molecule has 4 aromatic carbocycles. The zero-order valence-corrected chi connectivity index (χ0v) is 13.8. The smallest absolute Gasteiger partial charge is 0.231 e. The lowest BCUT2D eigenvalue weighted by Crippen LogP contribution is -1.92. The van der Waals surface area contributed by atoms with Crippen LogP contribution in [-0.4, -0.2) is 13.6 Å². The third-order valence-corrected chi connectivity index (χ3v) is 5.04. The molecule has 2 heterocycles. The zero-order valence-electron chi connectivity index (χ0n) is 13.8. The summed E-state index contributed by atoms with van der Waals surface area (Å²) in [5.74, 6) is 3.19. The summed E-state index contributed by atoms with van der Waals surface area (Å²) in [6.07, 6.45) is 0. The quantitative estimate of drug-likeness (QED) is 0.481. The van der Waals surface area contributed by atoms with E-state index < -0.39 is 0 Å². The van der Waals surface area contributed by atoms with Crippen LogP contribution in [0.5, 0.6) is 23.0 Å². The van der Waals surface area contributed by atoms with Gasteiger partial charge in [0, 0.05) is 0 Å². The van der Waals surface area contributed by atoms with Gasteiger partial charge in [-0.3, -0.25) is 0 Å². The number of hydrogen-bond acceptors (Lipinski definition) is 4. The van der Waals surface area contributed by atoms with Crippen LogP contribution in [-0.2, 0) is 0 Å². The van der Waals surface area contributed by atoms with Gasteiger partial charge in [0.2, 0.25) is 13.6 Å². The van der Waals surface area contributed by atoms with Gasteiger partial charge in [0.25, 0.3) is 0 Å². The minimum atomic E-state index is 0.277. The molecule has 2 aliphatic heterocycles. The summed E-state index contributed by atoms with van der Waals surface area (Å²) in [6, 6.07) is 20.9. The maximum Gasteiger partial charge on any atom is 0.231 e. The van der Waals surface area contributed by atoms with Gasteiger partial charge >= 0.3 is 0 Å². The first-order valence-electron chi connectivity index (χ1n) is 8.52. The molecule has 6 rings (SSSR count). The van der Waals surface area contributed by atoms with E-state index in [4.69, 9.17) is 18.9 Å². The number of benzene rings is 4. The second-order valence-electron chi connectivity index (χ2n) is 6.46. The van der Waals surface area contributed by atoms with Crippen molar-refractivity contribution in [2.45, 2.75) is 0 Å². The Morgan fingerprint density at radius 3 is 1.38 bits per heavy atom. The fourth-order valence-corrected chi connectivity index (χ4v) is 3.80. The maximum atomic E-state index is 5.59. The largest absolute Gasteiger partial charge is 0.454 e. The van der Waals surface area contributed by atoms with E-state index >= 15 is 0 Å². The van der Waals surface area contributed by atoms with Gasteiger partial charge in [0.1, 0.15) is 0 Å². The van der Waals surface area contributed by atoms with Gasteiger partial charge in [-0.2, -0.15) is 0 Å². The highest BCUT2D eigenvalue weighted by Gasteiger charge is 2.19. The van der Waals surface area contributed by atoms with E-state index in [0.717, 1.165) is 55.7 Å². The molecule has 126 valence electrons. The van der Waals surface area contributed by atoms with Gasteiger partial charge in [0.05, 0.1) is 0 Å². The van der Waals surface area contributed by atoms with Crippen molar-refractivity contribution in [3.05, 3.63) is 60.7 Å². The summed E-state index contributed by atoms with van der Waals surface area (Å²) in [7, 11) is 0. The van der Waals surface area contributed by atoms with Crippen LogP contribution in [0.2, 0.25) is 0 Å². The first-order valence-corrected chi connectivity index (χ1v) is 8.52. The molecule has 26 heavy (non-hydrogen) atoms. The summed E-state index contributed by atoms with van der Waals surface area (Å²) in [4.78, 5) is 0. The Bertz CT molecular complexity index is 1100. The predicted molar refractivity (Wildman–Crippen MR) is 99.1 cm³/mol. The van der Waals surface area contributed by atoms with Crippen molar-refractivity contribution < 1.29 is 18.9 Å². The minimum Gasteiger partial charge on any atom is -0.454 e. The van der Waals surface area contributed by atoms with Crippen LogP contribution in [0.3, 0.4) is 0 Å². The molecular weight excluding hydrogens is 328 g/mol. The van der Waals surface area contributed by atoms with E-state index in [2.05, 4.69) is 48.5 Å². The van der Waals surface area contributed by atoms with Crippen molar-refractivity contribution in [2.75, 3.05) is 13.6 Å². The Morgan fingerprint density at radius 1 is 0.500 bits per heavy atom. The first-order chi connectivity index (χ1) is 12.9. The number of rotatable bonds is 1. The fourth-order valence-electron chi connectivity index (χ4n) is 3.80. The summed E-state index contributed by atoms with van der Waals surface area (Å²) in [5, 5.41) is 4.54. The van der Waals surface area contributed by atoms with Crippen LogP contribution < -0.4 is 18.9 Å². The molecule has 4 aromatic rings. The molecule has 0 radical (unpaired) electrons. The topological polar surface area (TPSA) is 36.9 Å². The van der Waals surface area contributed by atoms with Crippen molar-refractivity contribution in [1.82, 2.24) is 0 Å². The molecule has 0 spiro atoms. The molecule has 0 bridgehead atoms. The van der Waals surface area contributed by atoms with Gasteiger partial charge in [-0.1, -0.05) is 36.4 Å². The van der Waals surface area contributed by atoms with E-state index in [1.54, 1.807) is 0 Å². The lowest BCUT2D eigenvalue weighted by atomic mass is 9.93. The Morgan fingerprint density at radius 2 is 0.923 bits per heavy atom. The van der Waals surface area contributed by atoms with Crippen LogP contribution in [0.15, 0.2) is 60.7 Å². The molecule has 4 nitrogen and oxygen atoms in total. The summed E-state index contributed by atoms with van der Waals surface area (Å²) >= 11 is 0. The Hall–Kier alpha value is -3.40. The average molecular weight is 342 g/mol. The Kier molecular flexibility index (Phi) is 2.69. The second-order valence-corrected chi connectivity index (χ2v) is 6.46. The molecular formula is C22H14O4. The standard InChI is InChI=1S/C22H14O4/c1-3-13-7-19-21(25-11-23-19)9-17(13)15(5-1)16-6-2-4-14-8-20-22(10-18(14)16)26-12-24-20/h1-10H,11-12H2. The monoisotopic (exact) mass is 342 g/mol. The van der Waals surface area contributed by atoms with Crippen LogP contribution in [0.25, 0.3) is 32.7 Å². The summed E-state index contributed by atoms with van der Waals surface area (Å²) in [6.45, 7) is 0.553. The van der Waals surface area contributed by atoms with Crippen LogP contribution in [0.1, 0.15) is 0 Å². The van der Waals surface area contributed by atoms with Crippen LogP contribution in [0.4, 0.5) is 0 Å².